The lowest BCUT2D eigenvalue weighted by Gasteiger charge is -2.26. The van der Waals surface area contributed by atoms with Gasteiger partial charge >= 0.3 is 0 Å². The quantitative estimate of drug-likeness (QED) is 0.522. The third kappa shape index (κ3) is 8.58. The molecule has 0 aromatic carbocycles. The summed E-state index contributed by atoms with van der Waals surface area (Å²) < 4.78 is 0. The highest BCUT2D eigenvalue weighted by Crippen LogP contribution is 2.28. The van der Waals surface area contributed by atoms with E-state index in [2.05, 4.69) is 68.7 Å². The third-order valence-corrected chi connectivity index (χ3v) is 6.93. The van der Waals surface area contributed by atoms with Crippen LogP contribution in [-0.2, 0) is 0 Å². The summed E-state index contributed by atoms with van der Waals surface area (Å²) >= 11 is 2.67. The van der Waals surface area contributed by atoms with Gasteiger partial charge in [-0.3, -0.25) is 0 Å². The van der Waals surface area contributed by atoms with Gasteiger partial charge in [-0.15, -0.1) is 6.42 Å². The van der Waals surface area contributed by atoms with Crippen LogP contribution in [0, 0.1) is 11.3 Å². The fraction of sp³-hybridized carbons (Fsp3) is 0.818. The Hall–Kier alpha value is 0.257. The van der Waals surface area contributed by atoms with E-state index in [1.807, 2.05) is 0 Å². The molecule has 0 N–H and O–H groups in total. The third-order valence-electron chi connectivity index (χ3n) is 2.31. The first-order chi connectivity index (χ1) is 5.88. The fourth-order valence-electron chi connectivity index (χ4n) is 2.31. The average molecular weight is 263 g/mol. The topological polar surface area (TPSA) is 0 Å². The van der Waals surface area contributed by atoms with E-state index < -0.39 is 8.80 Å². The Bertz CT molecular complexity index is 126. The summed E-state index contributed by atoms with van der Waals surface area (Å²) in [6, 6.07) is 0. The van der Waals surface area contributed by atoms with Crippen molar-refractivity contribution >= 4 is 24.7 Å². The monoisotopic (exact) mass is 262 g/mol. The SMILES string of the molecule is C#CBr.CC(C)[SiH](C(C)C)C(C)C. The van der Waals surface area contributed by atoms with E-state index in [9.17, 15) is 0 Å². The van der Waals surface area contributed by atoms with Crippen LogP contribution in [0.15, 0.2) is 0 Å². The first-order valence-electron chi connectivity index (χ1n) is 4.94. The highest BCUT2D eigenvalue weighted by Gasteiger charge is 2.22. The lowest BCUT2D eigenvalue weighted by atomic mass is 10.5. The van der Waals surface area contributed by atoms with Gasteiger partial charge in [-0.2, -0.15) is 0 Å². The van der Waals surface area contributed by atoms with E-state index in [-0.39, 0.29) is 0 Å². The molecule has 0 radical (unpaired) electrons. The molecule has 0 fully saturated rings. The van der Waals surface area contributed by atoms with Crippen molar-refractivity contribution in [3.8, 4) is 11.3 Å². The molecule has 0 aliphatic heterocycles. The van der Waals surface area contributed by atoms with Gasteiger partial charge in [0.15, 0.2) is 0 Å². The van der Waals surface area contributed by atoms with E-state index in [4.69, 9.17) is 0 Å². The highest BCUT2D eigenvalue weighted by atomic mass is 79.9. The van der Waals surface area contributed by atoms with Crippen molar-refractivity contribution in [3.63, 3.8) is 0 Å². The molecule has 0 unspecified atom stereocenters. The van der Waals surface area contributed by atoms with E-state index in [1.165, 1.54) is 0 Å². The van der Waals surface area contributed by atoms with Gasteiger partial charge in [-0.25, -0.2) is 0 Å². The van der Waals surface area contributed by atoms with Gasteiger partial charge < -0.3 is 0 Å². The summed E-state index contributed by atoms with van der Waals surface area (Å²) in [4.78, 5) is 2.06. The van der Waals surface area contributed by atoms with Gasteiger partial charge in [-0.1, -0.05) is 58.2 Å². The molecule has 0 aromatic rings. The average Bonchev–Trinajstić information content (AvgIpc) is 1.84. The lowest BCUT2D eigenvalue weighted by molar-refractivity contribution is 0.863. The van der Waals surface area contributed by atoms with Crippen LogP contribution >= 0.6 is 15.9 Å². The van der Waals surface area contributed by atoms with Gasteiger partial charge in [0.25, 0.3) is 0 Å². The number of rotatable bonds is 3. The molecular formula is C11H23BrSi. The molecule has 0 aromatic heterocycles. The molecule has 0 saturated heterocycles. The largest absolute Gasteiger partial charge is 0.108 e. The van der Waals surface area contributed by atoms with Gasteiger partial charge in [0.1, 0.15) is 0 Å². The Labute approximate surface area is 94.2 Å². The van der Waals surface area contributed by atoms with E-state index in [0.717, 1.165) is 16.6 Å². The molecule has 0 aliphatic rings. The zero-order valence-corrected chi connectivity index (χ0v) is 12.5. The predicted octanol–water partition coefficient (Wildman–Crippen LogP) is 4.42. The zero-order valence-electron chi connectivity index (χ0n) is 9.76. The minimum Gasteiger partial charge on any atom is -0.108 e. The summed E-state index contributed by atoms with van der Waals surface area (Å²) in [6.45, 7) is 14.3. The van der Waals surface area contributed by atoms with Crippen LogP contribution in [0.3, 0.4) is 0 Å². The van der Waals surface area contributed by atoms with Crippen LogP contribution in [0.1, 0.15) is 41.5 Å². The molecule has 13 heavy (non-hydrogen) atoms. The van der Waals surface area contributed by atoms with E-state index in [1.54, 1.807) is 0 Å². The smallest absolute Gasteiger partial charge is 0.0445 e. The normalized spacial score (nSPS) is 10.3. The Morgan fingerprint density at radius 2 is 1.08 bits per heavy atom. The highest BCUT2D eigenvalue weighted by molar-refractivity contribution is 9.12. The van der Waals surface area contributed by atoms with Crippen molar-refractivity contribution in [2.45, 2.75) is 58.2 Å². The van der Waals surface area contributed by atoms with Crippen molar-refractivity contribution in [2.24, 2.45) is 0 Å². The molecular weight excluding hydrogens is 240 g/mol. The second-order valence-corrected chi connectivity index (χ2v) is 10.0. The maximum absolute atomic E-state index is 4.51. The lowest BCUT2D eigenvalue weighted by Crippen LogP contribution is -2.24. The summed E-state index contributed by atoms with van der Waals surface area (Å²) in [5.74, 6) is 0. The Balaban J connectivity index is 0. The molecule has 0 atom stereocenters. The summed E-state index contributed by atoms with van der Waals surface area (Å²) in [7, 11) is -0.454. The van der Waals surface area contributed by atoms with Gasteiger partial charge in [0.05, 0.1) is 0 Å². The first-order valence-corrected chi connectivity index (χ1v) is 7.73. The number of halogens is 1. The summed E-state index contributed by atoms with van der Waals surface area (Å²) in [5, 5.41) is 0. The number of terminal acetylenes is 1. The van der Waals surface area contributed by atoms with Gasteiger partial charge in [0, 0.05) is 24.7 Å². The van der Waals surface area contributed by atoms with Crippen molar-refractivity contribution in [2.75, 3.05) is 0 Å². The second kappa shape index (κ2) is 8.84. The summed E-state index contributed by atoms with van der Waals surface area (Å²) in [6.07, 6.45) is 4.51. The van der Waals surface area contributed by atoms with E-state index in [0.29, 0.717) is 0 Å². The first kappa shape index (κ1) is 15.7. The van der Waals surface area contributed by atoms with Crippen LogP contribution in [0.2, 0.25) is 16.6 Å². The second-order valence-electron chi connectivity index (χ2n) is 4.42. The maximum atomic E-state index is 4.51. The molecule has 0 heterocycles. The summed E-state index contributed by atoms with van der Waals surface area (Å²) in [5.41, 5.74) is 2.92. The number of hydrogen-bond acceptors (Lipinski definition) is 0. The molecule has 0 rings (SSSR count). The van der Waals surface area contributed by atoms with Crippen molar-refractivity contribution < 1.29 is 0 Å². The molecule has 2 heteroatoms. The van der Waals surface area contributed by atoms with Gasteiger partial charge in [-0.05, 0) is 4.83 Å². The standard InChI is InChI=1S/C9H22Si.C2HBr/c1-7(2)10(8(3)4)9(5)6;1-2-3/h7-10H,1-6H3;1H. The molecule has 78 valence electrons. The van der Waals surface area contributed by atoms with Crippen molar-refractivity contribution in [3.05, 3.63) is 0 Å². The molecule has 0 spiro atoms. The Morgan fingerprint density at radius 3 is 1.08 bits per heavy atom. The molecule has 0 amide bonds. The van der Waals surface area contributed by atoms with Crippen LogP contribution in [0.4, 0.5) is 0 Å². The number of hydrogen-bond donors (Lipinski definition) is 0. The Kier molecular flexibility index (Phi) is 10.7. The minimum absolute atomic E-state index is 0.454. The zero-order chi connectivity index (χ0) is 11.0. The van der Waals surface area contributed by atoms with Gasteiger partial charge in [0.2, 0.25) is 0 Å². The van der Waals surface area contributed by atoms with Crippen molar-refractivity contribution in [1.82, 2.24) is 0 Å². The molecule has 0 saturated carbocycles. The maximum Gasteiger partial charge on any atom is 0.0445 e. The minimum atomic E-state index is -0.454. The predicted molar refractivity (Wildman–Crippen MR) is 70.2 cm³/mol. The van der Waals surface area contributed by atoms with Crippen molar-refractivity contribution in [1.29, 1.82) is 0 Å². The van der Waals surface area contributed by atoms with Crippen LogP contribution in [-0.4, -0.2) is 8.80 Å². The van der Waals surface area contributed by atoms with Crippen LogP contribution in [0.25, 0.3) is 0 Å². The van der Waals surface area contributed by atoms with Crippen LogP contribution in [0.5, 0.6) is 0 Å². The van der Waals surface area contributed by atoms with E-state index >= 15 is 0 Å². The molecule has 0 aliphatic carbocycles. The Morgan fingerprint density at radius 1 is 0.923 bits per heavy atom. The van der Waals surface area contributed by atoms with Crippen LogP contribution < -0.4 is 0 Å². The fourth-order valence-corrected chi connectivity index (χ4v) is 6.93. The molecule has 0 nitrogen and oxygen atoms in total. The molecule has 0 bridgehead atoms.